The first-order chi connectivity index (χ1) is 14.2. The molecule has 4 rings (SSSR count). The largest absolute Gasteiger partial charge is 0.507 e. The number of amides is 1. The van der Waals surface area contributed by atoms with Gasteiger partial charge in [0.05, 0.1) is 6.04 Å². The molecule has 1 aromatic heterocycles. The average Bonchev–Trinajstić information content (AvgIpc) is 3.28. The van der Waals surface area contributed by atoms with Gasteiger partial charge in [-0.2, -0.15) is 5.10 Å². The van der Waals surface area contributed by atoms with Gasteiger partial charge in [-0.1, -0.05) is 43.3 Å². The van der Waals surface area contributed by atoms with E-state index in [1.165, 1.54) is 5.56 Å². The van der Waals surface area contributed by atoms with E-state index in [1.54, 1.807) is 19.2 Å². The number of ether oxygens (including phenoxy) is 1. The zero-order valence-corrected chi connectivity index (χ0v) is 16.7. The Morgan fingerprint density at radius 1 is 1.17 bits per heavy atom. The Labute approximate surface area is 170 Å². The van der Waals surface area contributed by atoms with Gasteiger partial charge in [0.1, 0.15) is 17.1 Å². The number of rotatable bonds is 7. The van der Waals surface area contributed by atoms with Crippen molar-refractivity contribution in [2.75, 3.05) is 20.3 Å². The van der Waals surface area contributed by atoms with E-state index in [-0.39, 0.29) is 17.7 Å². The number of phenolic OH excluding ortho intramolecular Hbond substituents is 1. The first-order valence-electron chi connectivity index (χ1n) is 9.91. The van der Waals surface area contributed by atoms with Crippen LogP contribution in [0.15, 0.2) is 48.5 Å². The van der Waals surface area contributed by atoms with Crippen molar-refractivity contribution in [2.45, 2.75) is 25.8 Å². The number of phenols is 1. The van der Waals surface area contributed by atoms with Crippen LogP contribution in [0.3, 0.4) is 0 Å². The van der Waals surface area contributed by atoms with Crippen LogP contribution in [0.25, 0.3) is 11.3 Å². The van der Waals surface area contributed by atoms with Gasteiger partial charge in [-0.25, -0.2) is 0 Å². The summed E-state index contributed by atoms with van der Waals surface area (Å²) < 4.78 is 5.18. The lowest BCUT2D eigenvalue weighted by molar-refractivity contribution is 0.0723. The molecule has 3 aromatic rings. The number of hydrogen-bond acceptors (Lipinski definition) is 4. The van der Waals surface area contributed by atoms with Gasteiger partial charge in [0.2, 0.25) is 0 Å². The van der Waals surface area contributed by atoms with Gasteiger partial charge in [0.25, 0.3) is 5.91 Å². The van der Waals surface area contributed by atoms with Gasteiger partial charge in [-0.15, -0.1) is 0 Å². The summed E-state index contributed by atoms with van der Waals surface area (Å²) in [5, 5.41) is 17.7. The number of aryl methyl sites for hydroxylation is 1. The van der Waals surface area contributed by atoms with E-state index in [2.05, 4.69) is 41.4 Å². The maximum absolute atomic E-state index is 13.2. The second kappa shape index (κ2) is 8.09. The quantitative estimate of drug-likeness (QED) is 0.598. The molecule has 6 nitrogen and oxygen atoms in total. The van der Waals surface area contributed by atoms with Crippen LogP contribution in [-0.2, 0) is 11.2 Å². The fraction of sp³-hybridized carbons (Fsp3) is 0.304. The smallest absolute Gasteiger partial charge is 0.273 e. The monoisotopic (exact) mass is 391 g/mol. The van der Waals surface area contributed by atoms with E-state index >= 15 is 0 Å². The van der Waals surface area contributed by atoms with Crippen molar-refractivity contribution in [1.29, 1.82) is 0 Å². The Morgan fingerprint density at radius 3 is 2.62 bits per heavy atom. The minimum absolute atomic E-state index is 0.0742. The molecule has 1 aliphatic heterocycles. The Bertz CT molecular complexity index is 1010. The second-order valence-corrected chi connectivity index (χ2v) is 7.22. The molecule has 0 spiro atoms. The Morgan fingerprint density at radius 2 is 1.93 bits per heavy atom. The number of nitrogens with one attached hydrogen (secondary N) is 1. The summed E-state index contributed by atoms with van der Waals surface area (Å²) in [6.45, 7) is 3.29. The molecular weight excluding hydrogens is 366 g/mol. The van der Waals surface area contributed by atoms with Crippen LogP contribution < -0.4 is 0 Å². The molecule has 2 aromatic carbocycles. The van der Waals surface area contributed by atoms with Crippen molar-refractivity contribution in [3.8, 4) is 17.0 Å². The first-order valence-corrected chi connectivity index (χ1v) is 9.91. The number of hydrogen-bond donors (Lipinski definition) is 2. The number of para-hydroxylation sites is 1. The van der Waals surface area contributed by atoms with Gasteiger partial charge >= 0.3 is 0 Å². The van der Waals surface area contributed by atoms with E-state index in [0.717, 1.165) is 24.0 Å². The van der Waals surface area contributed by atoms with Crippen molar-refractivity contribution in [3.05, 3.63) is 70.9 Å². The summed E-state index contributed by atoms with van der Waals surface area (Å²) in [4.78, 5) is 15.0. The Hall–Kier alpha value is -3.12. The zero-order chi connectivity index (χ0) is 20.4. The van der Waals surface area contributed by atoms with Gasteiger partial charge in [-0.05, 0) is 36.1 Å². The van der Waals surface area contributed by atoms with E-state index in [4.69, 9.17) is 4.74 Å². The number of carbonyl (C=O) groups is 1. The highest BCUT2D eigenvalue weighted by atomic mass is 16.5. The van der Waals surface area contributed by atoms with Crippen LogP contribution in [-0.4, -0.2) is 46.4 Å². The molecule has 0 unspecified atom stereocenters. The number of fused-ring (bicyclic) bond motifs is 1. The number of aromatic nitrogens is 2. The van der Waals surface area contributed by atoms with Crippen molar-refractivity contribution in [3.63, 3.8) is 0 Å². The molecular formula is C23H25N3O3. The number of benzene rings is 2. The third kappa shape index (κ3) is 3.40. The predicted molar refractivity (Wildman–Crippen MR) is 111 cm³/mol. The fourth-order valence-electron chi connectivity index (χ4n) is 3.97. The van der Waals surface area contributed by atoms with Crippen LogP contribution >= 0.6 is 0 Å². The van der Waals surface area contributed by atoms with E-state index in [9.17, 15) is 9.90 Å². The predicted octanol–water partition coefficient (Wildman–Crippen LogP) is 3.93. The van der Waals surface area contributed by atoms with Crippen LogP contribution in [0.1, 0.15) is 46.6 Å². The molecule has 0 bridgehead atoms. The summed E-state index contributed by atoms with van der Waals surface area (Å²) in [7, 11) is 1.66. The highest BCUT2D eigenvalue weighted by Crippen LogP contribution is 2.44. The maximum atomic E-state index is 13.2. The summed E-state index contributed by atoms with van der Waals surface area (Å²) in [6.07, 6.45) is 1.71. The molecule has 0 radical (unpaired) electrons. The molecule has 2 heterocycles. The van der Waals surface area contributed by atoms with Crippen LogP contribution in [0.2, 0.25) is 0 Å². The number of aromatic amines is 1. The molecule has 0 aliphatic carbocycles. The molecule has 0 fully saturated rings. The highest BCUT2D eigenvalue weighted by molar-refractivity contribution is 6.00. The normalized spacial score (nSPS) is 15.7. The SMILES string of the molecule is CCc1ccc([C@@H]2c3c(-c4ccccc4O)n[nH]c3C(=O)N2CCCOC)cc1. The fourth-order valence-corrected chi connectivity index (χ4v) is 3.97. The van der Waals surface area contributed by atoms with Gasteiger partial charge < -0.3 is 14.7 Å². The van der Waals surface area contributed by atoms with Crippen LogP contribution in [0.4, 0.5) is 0 Å². The number of nitrogens with zero attached hydrogens (tertiary/aromatic N) is 2. The minimum atomic E-state index is -0.256. The summed E-state index contributed by atoms with van der Waals surface area (Å²) in [5.41, 5.74) is 4.82. The standard InChI is InChI=1S/C23H25N3O3/c1-3-15-9-11-16(12-10-15)22-19-20(17-7-4-5-8-18(17)27)24-25-21(19)23(28)26(22)13-6-14-29-2/h4-5,7-12,22,27H,3,6,13-14H2,1-2H3,(H,24,25)/t22-/m1/s1. The Kier molecular flexibility index (Phi) is 5.36. The van der Waals surface area contributed by atoms with Crippen LogP contribution in [0, 0.1) is 0 Å². The van der Waals surface area contributed by atoms with Gasteiger partial charge in [0.15, 0.2) is 0 Å². The Balaban J connectivity index is 1.82. The third-order valence-electron chi connectivity index (χ3n) is 5.47. The second-order valence-electron chi connectivity index (χ2n) is 7.22. The lowest BCUT2D eigenvalue weighted by Gasteiger charge is -2.26. The molecule has 2 N–H and O–H groups in total. The molecule has 1 aliphatic rings. The van der Waals surface area contributed by atoms with Crippen molar-refractivity contribution >= 4 is 5.91 Å². The lowest BCUT2D eigenvalue weighted by Crippen LogP contribution is -2.31. The maximum Gasteiger partial charge on any atom is 0.273 e. The first kappa shape index (κ1) is 19.2. The van der Waals surface area contributed by atoms with Crippen molar-refractivity contribution in [1.82, 2.24) is 15.1 Å². The van der Waals surface area contributed by atoms with E-state index in [0.29, 0.717) is 30.1 Å². The number of aromatic hydroxyl groups is 1. The topological polar surface area (TPSA) is 78.5 Å². The highest BCUT2D eigenvalue weighted by Gasteiger charge is 2.42. The molecule has 150 valence electrons. The zero-order valence-electron chi connectivity index (χ0n) is 16.7. The molecule has 0 saturated carbocycles. The van der Waals surface area contributed by atoms with Crippen molar-refractivity contribution < 1.29 is 14.6 Å². The number of carbonyl (C=O) groups excluding carboxylic acids is 1. The van der Waals surface area contributed by atoms with Gasteiger partial charge in [0, 0.05) is 31.4 Å². The molecule has 1 atom stereocenters. The summed E-state index contributed by atoms with van der Waals surface area (Å²) in [6, 6.07) is 15.2. The van der Waals surface area contributed by atoms with Gasteiger partial charge in [-0.3, -0.25) is 9.89 Å². The minimum Gasteiger partial charge on any atom is -0.507 e. The number of methoxy groups -OCH3 is 1. The third-order valence-corrected chi connectivity index (χ3v) is 5.47. The summed E-state index contributed by atoms with van der Waals surface area (Å²) in [5.74, 6) is 0.0713. The lowest BCUT2D eigenvalue weighted by atomic mass is 9.95. The summed E-state index contributed by atoms with van der Waals surface area (Å²) >= 11 is 0. The molecule has 29 heavy (non-hydrogen) atoms. The molecule has 1 amide bonds. The average molecular weight is 391 g/mol. The molecule has 0 saturated heterocycles. The number of H-pyrrole nitrogens is 1. The van der Waals surface area contributed by atoms with Crippen LogP contribution in [0.5, 0.6) is 5.75 Å². The van der Waals surface area contributed by atoms with Crippen molar-refractivity contribution in [2.24, 2.45) is 0 Å². The van der Waals surface area contributed by atoms with E-state index in [1.807, 2.05) is 17.0 Å². The van der Waals surface area contributed by atoms with E-state index < -0.39 is 0 Å². The molecule has 6 heteroatoms.